The van der Waals surface area contributed by atoms with Gasteiger partial charge in [0.15, 0.2) is 0 Å². The fourth-order valence-corrected chi connectivity index (χ4v) is 2.57. The molecule has 0 atom stereocenters. The number of benzene rings is 2. The maximum Gasteiger partial charge on any atom is 0.138 e. The third kappa shape index (κ3) is 1.84. The maximum atomic E-state index is 6.14. The molecule has 3 rings (SSSR count). The van der Waals surface area contributed by atoms with E-state index in [1.165, 1.54) is 0 Å². The van der Waals surface area contributed by atoms with Crippen molar-refractivity contribution in [1.29, 1.82) is 0 Å². The average molecular weight is 322 g/mol. The minimum atomic E-state index is 0.669. The first kappa shape index (κ1) is 11.8. The fraction of sp³-hybridized carbons (Fsp3) is 0.0714. The summed E-state index contributed by atoms with van der Waals surface area (Å²) in [6, 6.07) is 11.8. The van der Waals surface area contributed by atoms with Gasteiger partial charge in [0, 0.05) is 10.0 Å². The number of nitrogens with zero attached hydrogens (tertiary/aromatic N) is 1. The molecule has 0 aliphatic carbocycles. The minimum Gasteiger partial charge on any atom is -0.338 e. The predicted molar refractivity (Wildman–Crippen MR) is 79.0 cm³/mol. The lowest BCUT2D eigenvalue weighted by Crippen LogP contribution is -1.86. The molecule has 0 spiro atoms. The number of aromatic amines is 1. The van der Waals surface area contributed by atoms with Crippen LogP contribution in [0.3, 0.4) is 0 Å². The van der Waals surface area contributed by atoms with Crippen molar-refractivity contribution in [3.05, 3.63) is 51.5 Å². The van der Waals surface area contributed by atoms with Crippen LogP contribution in [0.25, 0.3) is 22.4 Å². The average Bonchev–Trinajstić information content (AvgIpc) is 2.78. The number of aromatic nitrogens is 2. The molecule has 1 aromatic heterocycles. The van der Waals surface area contributed by atoms with E-state index < -0.39 is 0 Å². The standard InChI is InChI=1S/C14H10BrClN2/c1-8-9(4-2-5-10(8)15)14-17-12-7-3-6-11(16)13(12)18-14/h2-7H,1H3,(H,17,18). The summed E-state index contributed by atoms with van der Waals surface area (Å²) in [5.74, 6) is 0.844. The van der Waals surface area contributed by atoms with E-state index >= 15 is 0 Å². The molecule has 1 N–H and O–H groups in total. The molecule has 4 heteroatoms. The first-order valence-electron chi connectivity index (χ1n) is 5.56. The minimum absolute atomic E-state index is 0.669. The lowest BCUT2D eigenvalue weighted by atomic mass is 10.1. The molecule has 0 saturated heterocycles. The van der Waals surface area contributed by atoms with Crippen LogP contribution in [0, 0.1) is 6.92 Å². The molecule has 90 valence electrons. The molecule has 0 fully saturated rings. The Morgan fingerprint density at radius 1 is 1.17 bits per heavy atom. The summed E-state index contributed by atoms with van der Waals surface area (Å²) in [5, 5.41) is 0.669. The van der Waals surface area contributed by atoms with Gasteiger partial charge in [0.2, 0.25) is 0 Å². The van der Waals surface area contributed by atoms with Gasteiger partial charge in [-0.15, -0.1) is 0 Å². The summed E-state index contributed by atoms with van der Waals surface area (Å²) in [6.07, 6.45) is 0. The van der Waals surface area contributed by atoms with Gasteiger partial charge in [-0.3, -0.25) is 0 Å². The van der Waals surface area contributed by atoms with Crippen molar-refractivity contribution in [2.45, 2.75) is 6.92 Å². The highest BCUT2D eigenvalue weighted by molar-refractivity contribution is 9.10. The number of nitrogens with one attached hydrogen (secondary N) is 1. The summed E-state index contributed by atoms with van der Waals surface area (Å²) >= 11 is 9.67. The van der Waals surface area contributed by atoms with E-state index in [0.29, 0.717) is 5.02 Å². The van der Waals surface area contributed by atoms with Crippen LogP contribution in [-0.4, -0.2) is 9.97 Å². The zero-order valence-electron chi connectivity index (χ0n) is 9.67. The van der Waals surface area contributed by atoms with Crippen molar-refractivity contribution in [3.8, 4) is 11.4 Å². The van der Waals surface area contributed by atoms with Crippen LogP contribution in [-0.2, 0) is 0 Å². The molecule has 0 saturated carbocycles. The first-order chi connectivity index (χ1) is 8.66. The van der Waals surface area contributed by atoms with Crippen molar-refractivity contribution >= 4 is 38.6 Å². The highest BCUT2D eigenvalue weighted by atomic mass is 79.9. The Balaban J connectivity index is 2.26. The third-order valence-electron chi connectivity index (χ3n) is 2.99. The monoisotopic (exact) mass is 320 g/mol. The van der Waals surface area contributed by atoms with Crippen molar-refractivity contribution in [1.82, 2.24) is 9.97 Å². The smallest absolute Gasteiger partial charge is 0.138 e. The Morgan fingerprint density at radius 2 is 1.94 bits per heavy atom. The number of fused-ring (bicyclic) bond motifs is 1. The van der Waals surface area contributed by atoms with Crippen LogP contribution in [0.4, 0.5) is 0 Å². The van der Waals surface area contributed by atoms with Crippen LogP contribution in [0.5, 0.6) is 0 Å². The van der Waals surface area contributed by atoms with E-state index in [1.54, 1.807) is 0 Å². The highest BCUT2D eigenvalue weighted by Gasteiger charge is 2.10. The van der Waals surface area contributed by atoms with Gasteiger partial charge in [-0.05, 0) is 30.7 Å². The Kier molecular flexibility index (Phi) is 2.88. The Hall–Kier alpha value is -1.32. The zero-order chi connectivity index (χ0) is 12.7. The molecule has 18 heavy (non-hydrogen) atoms. The van der Waals surface area contributed by atoms with E-state index in [-0.39, 0.29) is 0 Å². The Bertz CT molecular complexity index is 734. The number of rotatable bonds is 1. The quantitative estimate of drug-likeness (QED) is 0.674. The molecule has 0 amide bonds. The topological polar surface area (TPSA) is 28.7 Å². The number of imidazole rings is 1. The van der Waals surface area contributed by atoms with E-state index in [0.717, 1.165) is 32.5 Å². The molecule has 0 unspecified atom stereocenters. The molecule has 0 aliphatic rings. The van der Waals surface area contributed by atoms with Crippen LogP contribution in [0.15, 0.2) is 40.9 Å². The fourth-order valence-electron chi connectivity index (χ4n) is 1.99. The molecular weight excluding hydrogens is 312 g/mol. The van der Waals surface area contributed by atoms with Crippen LogP contribution in [0.2, 0.25) is 5.02 Å². The summed E-state index contributed by atoms with van der Waals surface area (Å²) in [6.45, 7) is 2.06. The third-order valence-corrected chi connectivity index (χ3v) is 4.15. The SMILES string of the molecule is Cc1c(Br)cccc1-c1nc2c(Cl)cccc2[nH]1. The molecule has 0 aliphatic heterocycles. The predicted octanol–water partition coefficient (Wildman–Crippen LogP) is 4.95. The number of halogens is 2. The number of H-pyrrole nitrogens is 1. The van der Waals surface area contributed by atoms with E-state index in [4.69, 9.17) is 11.6 Å². The Labute approximate surface area is 118 Å². The molecular formula is C14H10BrClN2. The van der Waals surface area contributed by atoms with E-state index in [2.05, 4.69) is 32.8 Å². The first-order valence-corrected chi connectivity index (χ1v) is 6.73. The molecule has 1 heterocycles. The number of para-hydroxylation sites is 1. The molecule has 2 nitrogen and oxygen atoms in total. The lowest BCUT2D eigenvalue weighted by Gasteiger charge is -2.03. The van der Waals surface area contributed by atoms with Gasteiger partial charge < -0.3 is 4.98 Å². The van der Waals surface area contributed by atoms with Gasteiger partial charge in [-0.1, -0.05) is 45.7 Å². The molecule has 3 aromatic rings. The van der Waals surface area contributed by atoms with Crippen molar-refractivity contribution in [2.24, 2.45) is 0 Å². The van der Waals surface area contributed by atoms with Gasteiger partial charge in [-0.25, -0.2) is 4.98 Å². The summed E-state index contributed by atoms with van der Waals surface area (Å²) < 4.78 is 1.08. The number of hydrogen-bond acceptors (Lipinski definition) is 1. The van der Waals surface area contributed by atoms with Crippen LogP contribution in [0.1, 0.15) is 5.56 Å². The maximum absolute atomic E-state index is 6.14. The van der Waals surface area contributed by atoms with Gasteiger partial charge in [0.05, 0.1) is 10.5 Å². The lowest BCUT2D eigenvalue weighted by molar-refractivity contribution is 1.30. The van der Waals surface area contributed by atoms with Crippen molar-refractivity contribution < 1.29 is 0 Å². The van der Waals surface area contributed by atoms with Gasteiger partial charge in [-0.2, -0.15) is 0 Å². The second-order valence-corrected chi connectivity index (χ2v) is 5.40. The Morgan fingerprint density at radius 3 is 2.72 bits per heavy atom. The van der Waals surface area contributed by atoms with Crippen molar-refractivity contribution in [3.63, 3.8) is 0 Å². The largest absolute Gasteiger partial charge is 0.338 e. The van der Waals surface area contributed by atoms with Crippen LogP contribution >= 0.6 is 27.5 Å². The summed E-state index contributed by atoms with van der Waals surface area (Å²) in [4.78, 5) is 7.88. The second-order valence-electron chi connectivity index (χ2n) is 4.13. The summed E-state index contributed by atoms with van der Waals surface area (Å²) in [5.41, 5.74) is 4.01. The van der Waals surface area contributed by atoms with Gasteiger partial charge >= 0.3 is 0 Å². The van der Waals surface area contributed by atoms with Gasteiger partial charge in [0.25, 0.3) is 0 Å². The highest BCUT2D eigenvalue weighted by Crippen LogP contribution is 2.30. The summed E-state index contributed by atoms with van der Waals surface area (Å²) in [7, 11) is 0. The molecule has 2 aromatic carbocycles. The normalized spacial score (nSPS) is 11.1. The van der Waals surface area contributed by atoms with Gasteiger partial charge in [0.1, 0.15) is 11.3 Å². The molecule has 0 bridgehead atoms. The van der Waals surface area contributed by atoms with Crippen molar-refractivity contribution in [2.75, 3.05) is 0 Å². The van der Waals surface area contributed by atoms with Crippen LogP contribution < -0.4 is 0 Å². The second kappa shape index (κ2) is 4.41. The number of hydrogen-bond donors (Lipinski definition) is 1. The molecule has 0 radical (unpaired) electrons. The van der Waals surface area contributed by atoms with E-state index in [1.807, 2.05) is 36.4 Å². The zero-order valence-corrected chi connectivity index (χ0v) is 12.0. The van der Waals surface area contributed by atoms with E-state index in [9.17, 15) is 0 Å².